The highest BCUT2D eigenvalue weighted by Crippen LogP contribution is 2.31. The summed E-state index contributed by atoms with van der Waals surface area (Å²) < 4.78 is 2.02. The Morgan fingerprint density at radius 2 is 2.11 bits per heavy atom. The van der Waals surface area contributed by atoms with Gasteiger partial charge in [0.05, 0.1) is 12.7 Å². The van der Waals surface area contributed by atoms with Gasteiger partial charge in [0.2, 0.25) is 0 Å². The summed E-state index contributed by atoms with van der Waals surface area (Å²) in [5.41, 5.74) is 2.74. The van der Waals surface area contributed by atoms with Gasteiger partial charge in [-0.1, -0.05) is 37.3 Å². The molecule has 3 nitrogen and oxygen atoms in total. The van der Waals surface area contributed by atoms with E-state index in [1.807, 2.05) is 23.2 Å². The van der Waals surface area contributed by atoms with Gasteiger partial charge >= 0.3 is 0 Å². The molecule has 3 rings (SSSR count). The van der Waals surface area contributed by atoms with Crippen molar-refractivity contribution in [3.05, 3.63) is 53.9 Å². The van der Waals surface area contributed by atoms with E-state index in [1.165, 1.54) is 11.1 Å². The van der Waals surface area contributed by atoms with Gasteiger partial charge in [-0.3, -0.25) is 9.67 Å². The number of aromatic nitrogens is 2. The van der Waals surface area contributed by atoms with Crippen LogP contribution in [0.25, 0.3) is 0 Å². The van der Waals surface area contributed by atoms with Crippen LogP contribution >= 0.6 is 0 Å². The quantitative estimate of drug-likeness (QED) is 0.827. The van der Waals surface area contributed by atoms with Gasteiger partial charge in [0.25, 0.3) is 0 Å². The first-order valence-electron chi connectivity index (χ1n) is 6.81. The van der Waals surface area contributed by atoms with Gasteiger partial charge in [0.1, 0.15) is 0 Å². The molecule has 0 radical (unpaired) electrons. The standard InChI is InChI=1S/C16H19N3/c1-16(8-5-9-17-13-16)15-10-18-19(12-15)11-14-6-3-2-4-7-14/h2-4,6-7,9-10,12H,5,8,11,13H2,1H3. The monoisotopic (exact) mass is 253 g/mol. The van der Waals surface area contributed by atoms with Crippen molar-refractivity contribution in [2.45, 2.75) is 31.7 Å². The number of benzene rings is 1. The summed E-state index contributed by atoms with van der Waals surface area (Å²) in [7, 11) is 0. The fourth-order valence-electron chi connectivity index (χ4n) is 2.59. The van der Waals surface area contributed by atoms with Crippen LogP contribution in [-0.4, -0.2) is 22.5 Å². The first-order chi connectivity index (χ1) is 9.26. The number of rotatable bonds is 3. The third kappa shape index (κ3) is 2.60. The van der Waals surface area contributed by atoms with Gasteiger partial charge in [-0.05, 0) is 30.2 Å². The van der Waals surface area contributed by atoms with Crippen LogP contribution in [0.5, 0.6) is 0 Å². The maximum absolute atomic E-state index is 4.50. The molecule has 0 bridgehead atoms. The van der Waals surface area contributed by atoms with Crippen molar-refractivity contribution < 1.29 is 0 Å². The summed E-state index contributed by atoms with van der Waals surface area (Å²) >= 11 is 0. The van der Waals surface area contributed by atoms with Crippen LogP contribution in [0.2, 0.25) is 0 Å². The summed E-state index contributed by atoms with van der Waals surface area (Å²) in [4.78, 5) is 4.44. The minimum Gasteiger partial charge on any atom is -0.297 e. The number of aliphatic imine (C=N–C) groups is 1. The molecule has 0 saturated carbocycles. The Kier molecular flexibility index (Phi) is 3.20. The van der Waals surface area contributed by atoms with Crippen molar-refractivity contribution in [1.29, 1.82) is 0 Å². The second-order valence-electron chi connectivity index (χ2n) is 5.53. The third-order valence-corrected chi connectivity index (χ3v) is 3.91. The third-order valence-electron chi connectivity index (χ3n) is 3.91. The van der Waals surface area contributed by atoms with Gasteiger partial charge in [-0.25, -0.2) is 0 Å². The predicted octanol–water partition coefficient (Wildman–Crippen LogP) is 3.05. The lowest BCUT2D eigenvalue weighted by atomic mass is 9.79. The topological polar surface area (TPSA) is 30.2 Å². The van der Waals surface area contributed by atoms with Crippen LogP contribution in [0.4, 0.5) is 0 Å². The highest BCUT2D eigenvalue weighted by atomic mass is 15.3. The number of hydrogen-bond acceptors (Lipinski definition) is 2. The molecule has 1 unspecified atom stereocenters. The second kappa shape index (κ2) is 5.00. The van der Waals surface area contributed by atoms with Crippen molar-refractivity contribution >= 4 is 6.21 Å². The molecule has 98 valence electrons. The zero-order chi connectivity index (χ0) is 13.1. The van der Waals surface area contributed by atoms with Crippen LogP contribution in [0.3, 0.4) is 0 Å². The summed E-state index contributed by atoms with van der Waals surface area (Å²) in [6, 6.07) is 10.4. The summed E-state index contributed by atoms with van der Waals surface area (Å²) in [6.07, 6.45) is 8.45. The van der Waals surface area contributed by atoms with Gasteiger partial charge in [-0.2, -0.15) is 5.10 Å². The zero-order valence-corrected chi connectivity index (χ0v) is 11.3. The largest absolute Gasteiger partial charge is 0.297 e. The Bertz CT molecular complexity index is 571. The Morgan fingerprint density at radius 1 is 1.26 bits per heavy atom. The van der Waals surface area contributed by atoms with Crippen LogP contribution in [0.1, 0.15) is 30.9 Å². The highest BCUT2D eigenvalue weighted by molar-refractivity contribution is 5.59. The minimum absolute atomic E-state index is 0.156. The molecule has 3 heteroatoms. The minimum atomic E-state index is 0.156. The Labute approximate surface area is 114 Å². The average molecular weight is 253 g/mol. The van der Waals surface area contributed by atoms with Gasteiger partial charge in [-0.15, -0.1) is 0 Å². The summed E-state index contributed by atoms with van der Waals surface area (Å²) in [5, 5.41) is 4.50. The highest BCUT2D eigenvalue weighted by Gasteiger charge is 2.28. The summed E-state index contributed by atoms with van der Waals surface area (Å²) in [5.74, 6) is 0. The SMILES string of the molecule is CC1(c2cnn(Cc3ccccc3)c2)CCC=NC1. The van der Waals surface area contributed by atoms with Crippen LogP contribution < -0.4 is 0 Å². The van der Waals surface area contributed by atoms with Crippen molar-refractivity contribution in [2.24, 2.45) is 4.99 Å². The Morgan fingerprint density at radius 3 is 2.84 bits per heavy atom. The van der Waals surface area contributed by atoms with Crippen molar-refractivity contribution in [3.63, 3.8) is 0 Å². The molecule has 1 aliphatic heterocycles. The van der Waals surface area contributed by atoms with Crippen LogP contribution in [0, 0.1) is 0 Å². The normalized spacial score (nSPS) is 22.6. The molecule has 1 atom stereocenters. The van der Waals surface area contributed by atoms with E-state index in [0.717, 1.165) is 25.9 Å². The maximum Gasteiger partial charge on any atom is 0.0659 e. The molecule has 1 aromatic carbocycles. The molecule has 0 aliphatic carbocycles. The molecule has 19 heavy (non-hydrogen) atoms. The van der Waals surface area contributed by atoms with Crippen molar-refractivity contribution in [1.82, 2.24) is 9.78 Å². The molecular formula is C16H19N3. The van der Waals surface area contributed by atoms with E-state index in [2.05, 4.69) is 47.5 Å². The molecule has 0 saturated heterocycles. The fourth-order valence-corrected chi connectivity index (χ4v) is 2.59. The molecule has 1 aromatic heterocycles. The van der Waals surface area contributed by atoms with E-state index >= 15 is 0 Å². The van der Waals surface area contributed by atoms with Crippen molar-refractivity contribution in [3.8, 4) is 0 Å². The van der Waals surface area contributed by atoms with Crippen LogP contribution in [0.15, 0.2) is 47.7 Å². The smallest absolute Gasteiger partial charge is 0.0659 e. The molecule has 2 aromatic rings. The van der Waals surface area contributed by atoms with E-state index in [1.54, 1.807) is 0 Å². The van der Waals surface area contributed by atoms with E-state index in [0.29, 0.717) is 0 Å². The Balaban J connectivity index is 1.78. The Hall–Kier alpha value is -1.90. The lowest BCUT2D eigenvalue weighted by Crippen LogP contribution is -2.28. The van der Waals surface area contributed by atoms with Gasteiger partial charge in [0.15, 0.2) is 0 Å². The first-order valence-corrected chi connectivity index (χ1v) is 6.81. The average Bonchev–Trinajstić information content (AvgIpc) is 2.90. The molecule has 0 fully saturated rings. The second-order valence-corrected chi connectivity index (χ2v) is 5.53. The first kappa shape index (κ1) is 12.2. The fraction of sp³-hybridized carbons (Fsp3) is 0.375. The van der Waals surface area contributed by atoms with Gasteiger partial charge in [0, 0.05) is 18.2 Å². The van der Waals surface area contributed by atoms with Crippen LogP contribution in [-0.2, 0) is 12.0 Å². The maximum atomic E-state index is 4.50. The van der Waals surface area contributed by atoms with E-state index in [4.69, 9.17) is 0 Å². The summed E-state index contributed by atoms with van der Waals surface area (Å²) in [6.45, 7) is 4.00. The molecule has 2 heterocycles. The van der Waals surface area contributed by atoms with Gasteiger partial charge < -0.3 is 0 Å². The molecule has 1 aliphatic rings. The molecule has 0 N–H and O–H groups in total. The molecular weight excluding hydrogens is 234 g/mol. The van der Waals surface area contributed by atoms with E-state index < -0.39 is 0 Å². The predicted molar refractivity (Wildman–Crippen MR) is 77.7 cm³/mol. The lowest BCUT2D eigenvalue weighted by Gasteiger charge is -2.28. The zero-order valence-electron chi connectivity index (χ0n) is 11.3. The number of nitrogens with zero attached hydrogens (tertiary/aromatic N) is 3. The molecule has 0 spiro atoms. The van der Waals surface area contributed by atoms with E-state index in [9.17, 15) is 0 Å². The van der Waals surface area contributed by atoms with E-state index in [-0.39, 0.29) is 5.41 Å². The molecule has 0 amide bonds. The van der Waals surface area contributed by atoms with Crippen molar-refractivity contribution in [2.75, 3.05) is 6.54 Å². The lowest BCUT2D eigenvalue weighted by molar-refractivity contribution is 0.443. The number of hydrogen-bond donors (Lipinski definition) is 0.